The highest BCUT2D eigenvalue weighted by molar-refractivity contribution is 7.93. The van der Waals surface area contributed by atoms with Crippen molar-refractivity contribution < 1.29 is 31.9 Å². The van der Waals surface area contributed by atoms with Gasteiger partial charge in [0.25, 0.3) is 10.0 Å². The highest BCUT2D eigenvalue weighted by atomic mass is 32.2. The van der Waals surface area contributed by atoms with Crippen molar-refractivity contribution in [2.24, 2.45) is 0 Å². The van der Waals surface area contributed by atoms with Gasteiger partial charge >= 0.3 is 5.97 Å². The second-order valence-electron chi connectivity index (χ2n) is 6.79. The number of ether oxygens (including phenoxy) is 2. The Balaban J connectivity index is 2.19. The van der Waals surface area contributed by atoms with Gasteiger partial charge in [-0.05, 0) is 55.8 Å². The van der Waals surface area contributed by atoms with E-state index in [2.05, 4.69) is 0 Å². The van der Waals surface area contributed by atoms with E-state index >= 15 is 0 Å². The van der Waals surface area contributed by atoms with Crippen molar-refractivity contribution in [2.45, 2.75) is 31.6 Å². The molecule has 0 unspecified atom stereocenters. The SMILES string of the molecule is CCCC(=O)N(c1ccc2oc(C)c(C(=O)OC)c2c1)S(=O)(=O)c1ccc(OC)cc1. The lowest BCUT2D eigenvalue weighted by molar-refractivity contribution is -0.117. The number of hydrogen-bond donors (Lipinski definition) is 0. The van der Waals surface area contributed by atoms with Crippen LogP contribution in [0.1, 0.15) is 35.9 Å². The molecule has 0 aliphatic rings. The molecule has 0 aliphatic carbocycles. The molecule has 1 heterocycles. The van der Waals surface area contributed by atoms with E-state index in [9.17, 15) is 18.0 Å². The van der Waals surface area contributed by atoms with Crippen molar-refractivity contribution in [1.29, 1.82) is 0 Å². The van der Waals surface area contributed by atoms with Gasteiger partial charge in [-0.2, -0.15) is 0 Å². The topological polar surface area (TPSA) is 103 Å². The number of rotatable bonds is 7. The first-order chi connectivity index (χ1) is 14.7. The summed E-state index contributed by atoms with van der Waals surface area (Å²) < 4.78 is 43.1. The molecule has 31 heavy (non-hydrogen) atoms. The molecule has 0 fully saturated rings. The van der Waals surface area contributed by atoms with Crippen LogP contribution in [0.4, 0.5) is 5.69 Å². The van der Waals surface area contributed by atoms with E-state index < -0.39 is 21.9 Å². The van der Waals surface area contributed by atoms with Crippen LogP contribution in [-0.2, 0) is 19.6 Å². The van der Waals surface area contributed by atoms with Crippen LogP contribution >= 0.6 is 0 Å². The number of furan rings is 1. The molecular weight excluding hydrogens is 422 g/mol. The Morgan fingerprint density at radius 3 is 2.32 bits per heavy atom. The van der Waals surface area contributed by atoms with E-state index in [0.29, 0.717) is 28.9 Å². The maximum absolute atomic E-state index is 13.4. The number of carbonyl (C=O) groups is 2. The predicted octanol–water partition coefficient (Wildman–Crippen LogP) is 4.06. The van der Waals surface area contributed by atoms with Crippen LogP contribution in [0.25, 0.3) is 11.0 Å². The largest absolute Gasteiger partial charge is 0.497 e. The first-order valence-electron chi connectivity index (χ1n) is 9.58. The summed E-state index contributed by atoms with van der Waals surface area (Å²) in [5, 5.41) is 0.362. The molecule has 3 aromatic rings. The normalized spacial score (nSPS) is 11.4. The summed E-state index contributed by atoms with van der Waals surface area (Å²) in [4.78, 5) is 25.1. The molecule has 9 heteroatoms. The first-order valence-corrected chi connectivity index (χ1v) is 11.0. The summed E-state index contributed by atoms with van der Waals surface area (Å²) in [6.45, 7) is 3.40. The second kappa shape index (κ2) is 8.81. The molecular formula is C22H23NO7S. The van der Waals surface area contributed by atoms with E-state index in [4.69, 9.17) is 13.9 Å². The van der Waals surface area contributed by atoms with Crippen molar-refractivity contribution in [3.05, 3.63) is 53.8 Å². The minimum absolute atomic E-state index is 0.0295. The number of benzene rings is 2. The number of fused-ring (bicyclic) bond motifs is 1. The summed E-state index contributed by atoms with van der Waals surface area (Å²) >= 11 is 0. The predicted molar refractivity (Wildman–Crippen MR) is 115 cm³/mol. The van der Waals surface area contributed by atoms with E-state index in [1.807, 2.05) is 0 Å². The fourth-order valence-corrected chi connectivity index (χ4v) is 4.72. The van der Waals surface area contributed by atoms with E-state index in [1.165, 1.54) is 56.7 Å². The number of hydrogen-bond acceptors (Lipinski definition) is 7. The van der Waals surface area contributed by atoms with Crippen molar-refractivity contribution in [2.75, 3.05) is 18.5 Å². The number of esters is 1. The summed E-state index contributed by atoms with van der Waals surface area (Å²) in [7, 11) is -1.50. The third kappa shape index (κ3) is 4.13. The van der Waals surface area contributed by atoms with Crippen LogP contribution in [-0.4, -0.2) is 34.5 Å². The first kappa shape index (κ1) is 22.4. The zero-order valence-corrected chi connectivity index (χ0v) is 18.5. The van der Waals surface area contributed by atoms with Crippen molar-refractivity contribution in [3.8, 4) is 5.75 Å². The van der Waals surface area contributed by atoms with Gasteiger partial charge in [-0.1, -0.05) is 6.92 Å². The molecule has 0 bridgehead atoms. The number of anilines is 1. The monoisotopic (exact) mass is 445 g/mol. The van der Waals surface area contributed by atoms with Gasteiger partial charge in [-0.3, -0.25) is 4.79 Å². The van der Waals surface area contributed by atoms with Crippen molar-refractivity contribution in [1.82, 2.24) is 0 Å². The number of nitrogens with zero attached hydrogens (tertiary/aromatic N) is 1. The number of methoxy groups -OCH3 is 2. The fourth-order valence-electron chi connectivity index (χ4n) is 3.28. The van der Waals surface area contributed by atoms with Gasteiger partial charge in [0.1, 0.15) is 22.7 Å². The lowest BCUT2D eigenvalue weighted by Crippen LogP contribution is -2.36. The molecule has 0 saturated heterocycles. The minimum atomic E-state index is -4.22. The van der Waals surface area contributed by atoms with Crippen LogP contribution in [0.15, 0.2) is 51.8 Å². The van der Waals surface area contributed by atoms with Gasteiger partial charge < -0.3 is 13.9 Å². The molecule has 1 aromatic heterocycles. The standard InChI is InChI=1S/C22H23NO7S/c1-5-6-20(24)23(31(26,27)17-10-8-16(28-3)9-11-17)15-7-12-19-18(13-15)21(14(2)30-19)22(25)29-4/h7-13H,5-6H2,1-4H3. The van der Waals surface area contributed by atoms with Gasteiger partial charge in [0.05, 0.1) is 24.8 Å². The Hall–Kier alpha value is -3.33. The molecule has 0 radical (unpaired) electrons. The minimum Gasteiger partial charge on any atom is -0.497 e. The highest BCUT2D eigenvalue weighted by Gasteiger charge is 2.31. The maximum atomic E-state index is 13.4. The average molecular weight is 445 g/mol. The van der Waals surface area contributed by atoms with Gasteiger partial charge in [0.2, 0.25) is 5.91 Å². The van der Waals surface area contributed by atoms with Gasteiger partial charge in [-0.15, -0.1) is 0 Å². The second-order valence-corrected chi connectivity index (χ2v) is 8.58. The van der Waals surface area contributed by atoms with Crippen molar-refractivity contribution in [3.63, 3.8) is 0 Å². The Morgan fingerprint density at radius 2 is 1.74 bits per heavy atom. The number of sulfonamides is 1. The quantitative estimate of drug-likeness (QED) is 0.505. The lowest BCUT2D eigenvalue weighted by Gasteiger charge is -2.23. The number of carbonyl (C=O) groups excluding carboxylic acids is 2. The third-order valence-corrected chi connectivity index (χ3v) is 6.52. The molecule has 3 rings (SSSR count). The molecule has 2 aromatic carbocycles. The van der Waals surface area contributed by atoms with E-state index in [0.717, 1.165) is 4.31 Å². The Labute approximate surface area is 180 Å². The maximum Gasteiger partial charge on any atom is 0.342 e. The summed E-state index contributed by atoms with van der Waals surface area (Å²) in [6, 6.07) is 10.2. The smallest absolute Gasteiger partial charge is 0.342 e. The number of aryl methyl sites for hydroxylation is 1. The zero-order valence-electron chi connectivity index (χ0n) is 17.7. The van der Waals surface area contributed by atoms with Gasteiger partial charge in [-0.25, -0.2) is 17.5 Å². The molecule has 0 atom stereocenters. The van der Waals surface area contributed by atoms with E-state index in [-0.39, 0.29) is 22.6 Å². The molecule has 8 nitrogen and oxygen atoms in total. The average Bonchev–Trinajstić information content (AvgIpc) is 3.08. The summed E-state index contributed by atoms with van der Waals surface area (Å²) in [5.41, 5.74) is 0.670. The molecule has 0 spiro atoms. The molecule has 0 N–H and O–H groups in total. The third-order valence-electron chi connectivity index (χ3n) is 4.76. The van der Waals surface area contributed by atoms with Crippen LogP contribution in [0.3, 0.4) is 0 Å². The Morgan fingerprint density at radius 1 is 1.06 bits per heavy atom. The van der Waals surface area contributed by atoms with Crippen LogP contribution in [0, 0.1) is 6.92 Å². The van der Waals surface area contributed by atoms with Crippen LogP contribution in [0.2, 0.25) is 0 Å². The molecule has 0 saturated carbocycles. The number of amides is 1. The van der Waals surface area contributed by atoms with Gasteiger partial charge in [0, 0.05) is 11.8 Å². The van der Waals surface area contributed by atoms with Crippen LogP contribution < -0.4 is 9.04 Å². The van der Waals surface area contributed by atoms with E-state index in [1.54, 1.807) is 13.8 Å². The summed E-state index contributed by atoms with van der Waals surface area (Å²) in [6.07, 6.45) is 0.496. The van der Waals surface area contributed by atoms with Gasteiger partial charge in [0.15, 0.2) is 0 Å². The van der Waals surface area contributed by atoms with Crippen LogP contribution in [0.5, 0.6) is 5.75 Å². The Kier molecular flexibility index (Phi) is 6.35. The highest BCUT2D eigenvalue weighted by Crippen LogP contribution is 2.33. The molecule has 1 amide bonds. The summed E-state index contributed by atoms with van der Waals surface area (Å²) in [5.74, 6) is -0.373. The molecule has 164 valence electrons. The van der Waals surface area contributed by atoms with Crippen molar-refractivity contribution >= 4 is 38.6 Å². The fraction of sp³-hybridized carbons (Fsp3) is 0.273. The zero-order chi connectivity index (χ0) is 22.8. The molecule has 0 aliphatic heterocycles. The lowest BCUT2D eigenvalue weighted by atomic mass is 10.1. The Bertz CT molecular complexity index is 1230.